The molecule has 0 aliphatic heterocycles. The topological polar surface area (TPSA) is 0 Å². The van der Waals surface area contributed by atoms with Crippen LogP contribution in [0.5, 0.6) is 0 Å². The summed E-state index contributed by atoms with van der Waals surface area (Å²) in [4.78, 5) is 0.506. The first kappa shape index (κ1) is 11.7. The molecule has 1 aromatic rings. The second-order valence-corrected chi connectivity index (χ2v) is 4.18. The van der Waals surface area contributed by atoms with E-state index < -0.39 is 11.9 Å². The third-order valence-corrected chi connectivity index (χ3v) is 3.27. The second-order valence-electron chi connectivity index (χ2n) is 2.79. The van der Waals surface area contributed by atoms with Crippen molar-refractivity contribution in [2.45, 2.75) is 18.0 Å². The molecule has 0 amide bonds. The normalized spacial score (nSPS) is 11.8. The van der Waals surface area contributed by atoms with Crippen molar-refractivity contribution < 1.29 is 13.2 Å². The van der Waals surface area contributed by atoms with Gasteiger partial charge in [0.05, 0.1) is 10.8 Å². The van der Waals surface area contributed by atoms with Crippen molar-refractivity contribution in [1.82, 2.24) is 0 Å². The van der Waals surface area contributed by atoms with E-state index in [4.69, 9.17) is 11.6 Å². The average Bonchev–Trinajstić information content (AvgIpc) is 2.01. The predicted octanol–water partition coefficient (Wildman–Crippen LogP) is 4.30. The van der Waals surface area contributed by atoms with E-state index >= 15 is 0 Å². The first-order valence-corrected chi connectivity index (χ1v) is 5.21. The molecule has 0 heterocycles. The molecule has 0 saturated heterocycles. The van der Waals surface area contributed by atoms with Crippen LogP contribution >= 0.6 is 23.4 Å². The van der Waals surface area contributed by atoms with Crippen LogP contribution in [0.15, 0.2) is 23.1 Å². The van der Waals surface area contributed by atoms with E-state index in [-0.39, 0.29) is 0 Å². The van der Waals surface area contributed by atoms with E-state index in [0.717, 1.165) is 17.3 Å². The molecule has 0 aliphatic rings. The van der Waals surface area contributed by atoms with Crippen LogP contribution in [0.1, 0.15) is 5.56 Å². The van der Waals surface area contributed by atoms with Gasteiger partial charge in [-0.15, -0.1) is 11.8 Å². The van der Waals surface area contributed by atoms with Gasteiger partial charge in [0.25, 0.3) is 0 Å². The van der Waals surface area contributed by atoms with E-state index in [1.54, 1.807) is 25.1 Å². The third-order valence-electron chi connectivity index (χ3n) is 1.54. The van der Waals surface area contributed by atoms with E-state index in [1.807, 2.05) is 0 Å². The molecule has 0 radical (unpaired) electrons. The number of aryl methyl sites for hydroxylation is 1. The Kier molecular flexibility index (Phi) is 3.72. The average molecular weight is 241 g/mol. The quantitative estimate of drug-likeness (QED) is 0.695. The van der Waals surface area contributed by atoms with Gasteiger partial charge in [0, 0.05) is 4.90 Å². The Hall–Kier alpha value is -0.350. The lowest BCUT2D eigenvalue weighted by Gasteiger charge is -2.09. The van der Waals surface area contributed by atoms with Gasteiger partial charge in [0.15, 0.2) is 0 Å². The van der Waals surface area contributed by atoms with Crippen molar-refractivity contribution in [3.05, 3.63) is 28.8 Å². The minimum Gasteiger partial charge on any atom is -0.170 e. The third kappa shape index (κ3) is 3.42. The summed E-state index contributed by atoms with van der Waals surface area (Å²) in [6.07, 6.45) is -4.16. The number of halogens is 4. The molecule has 14 heavy (non-hydrogen) atoms. The minimum atomic E-state index is -4.16. The molecule has 0 N–H and O–H groups in total. The first-order valence-electron chi connectivity index (χ1n) is 3.85. The van der Waals surface area contributed by atoms with Gasteiger partial charge in [-0.05, 0) is 18.6 Å². The van der Waals surface area contributed by atoms with Crippen molar-refractivity contribution in [2.75, 3.05) is 5.75 Å². The Balaban J connectivity index is 2.77. The number of thioether (sulfide) groups is 1. The molecule has 5 heteroatoms. The van der Waals surface area contributed by atoms with E-state index in [9.17, 15) is 13.2 Å². The van der Waals surface area contributed by atoms with E-state index in [0.29, 0.717) is 9.92 Å². The van der Waals surface area contributed by atoms with Crippen LogP contribution in [0, 0.1) is 6.92 Å². The van der Waals surface area contributed by atoms with Crippen LogP contribution in [0.3, 0.4) is 0 Å². The summed E-state index contributed by atoms with van der Waals surface area (Å²) in [7, 11) is 0. The molecule has 0 aromatic heterocycles. The van der Waals surface area contributed by atoms with Gasteiger partial charge in [0.1, 0.15) is 0 Å². The maximum absolute atomic E-state index is 11.9. The molecule has 78 valence electrons. The smallest absolute Gasteiger partial charge is 0.170 e. The fourth-order valence-electron chi connectivity index (χ4n) is 0.953. The lowest BCUT2D eigenvalue weighted by atomic mass is 10.2. The van der Waals surface area contributed by atoms with Crippen LogP contribution in [-0.2, 0) is 0 Å². The molecule has 1 rings (SSSR count). The van der Waals surface area contributed by atoms with Gasteiger partial charge in [-0.25, -0.2) is 0 Å². The molecule has 0 spiro atoms. The van der Waals surface area contributed by atoms with Gasteiger partial charge in [0.2, 0.25) is 0 Å². The van der Waals surface area contributed by atoms with Gasteiger partial charge in [-0.3, -0.25) is 0 Å². The van der Waals surface area contributed by atoms with Crippen molar-refractivity contribution in [2.24, 2.45) is 0 Å². The molecule has 0 fully saturated rings. The van der Waals surface area contributed by atoms with Crippen molar-refractivity contribution in [1.29, 1.82) is 0 Å². The van der Waals surface area contributed by atoms with Crippen LogP contribution in [0.25, 0.3) is 0 Å². The summed E-state index contributed by atoms with van der Waals surface area (Å²) >= 11 is 6.49. The van der Waals surface area contributed by atoms with Crippen LogP contribution in [0.2, 0.25) is 5.02 Å². The molecule has 0 aliphatic carbocycles. The largest absolute Gasteiger partial charge is 0.398 e. The Morgan fingerprint density at radius 2 is 2.00 bits per heavy atom. The van der Waals surface area contributed by atoms with Gasteiger partial charge < -0.3 is 0 Å². The Morgan fingerprint density at radius 3 is 2.50 bits per heavy atom. The molecule has 1 aromatic carbocycles. The molecular weight excluding hydrogens is 233 g/mol. The molecule has 0 saturated carbocycles. The zero-order valence-corrected chi connectivity index (χ0v) is 8.93. The summed E-state index contributed by atoms with van der Waals surface area (Å²) in [6, 6.07) is 5.05. The lowest BCUT2D eigenvalue weighted by Crippen LogP contribution is -2.10. The Bertz CT molecular complexity index is 302. The molecule has 0 unspecified atom stereocenters. The standard InChI is InChI=1S/C9H8ClF3S/c1-6-3-2-4-7(10)8(6)14-5-9(11,12)13/h2-4H,5H2,1H3. The summed E-state index contributed by atoms with van der Waals surface area (Å²) in [5.41, 5.74) is 0.770. The van der Waals surface area contributed by atoms with Gasteiger partial charge in [-0.2, -0.15) is 13.2 Å². The number of hydrogen-bond donors (Lipinski definition) is 0. The fraction of sp³-hybridized carbons (Fsp3) is 0.333. The number of alkyl halides is 3. The zero-order chi connectivity index (χ0) is 10.8. The van der Waals surface area contributed by atoms with Crippen molar-refractivity contribution >= 4 is 23.4 Å². The monoisotopic (exact) mass is 240 g/mol. The van der Waals surface area contributed by atoms with Crippen molar-refractivity contribution in [3.63, 3.8) is 0 Å². The highest BCUT2D eigenvalue weighted by molar-refractivity contribution is 7.99. The Morgan fingerprint density at radius 1 is 1.36 bits per heavy atom. The lowest BCUT2D eigenvalue weighted by molar-refractivity contribution is -0.105. The Labute approximate surface area is 89.4 Å². The maximum atomic E-state index is 11.9. The highest BCUT2D eigenvalue weighted by Gasteiger charge is 2.27. The molecule has 0 nitrogen and oxygen atoms in total. The van der Waals surface area contributed by atoms with E-state index in [2.05, 4.69) is 0 Å². The molecular formula is C9H8ClF3S. The minimum absolute atomic E-state index is 0.374. The zero-order valence-electron chi connectivity index (χ0n) is 7.36. The first-order chi connectivity index (χ1) is 6.40. The highest BCUT2D eigenvalue weighted by atomic mass is 35.5. The van der Waals surface area contributed by atoms with Gasteiger partial charge in [-0.1, -0.05) is 23.7 Å². The number of rotatable bonds is 2. The second kappa shape index (κ2) is 4.45. The van der Waals surface area contributed by atoms with Crippen LogP contribution < -0.4 is 0 Å². The maximum Gasteiger partial charge on any atom is 0.398 e. The summed E-state index contributed by atoms with van der Waals surface area (Å²) in [5, 5.41) is 0.374. The SMILES string of the molecule is Cc1cccc(Cl)c1SCC(F)(F)F. The highest BCUT2D eigenvalue weighted by Crippen LogP contribution is 2.34. The summed E-state index contributed by atoms with van der Waals surface area (Å²) in [5.74, 6) is -0.905. The molecule has 0 bridgehead atoms. The number of hydrogen-bond acceptors (Lipinski definition) is 1. The summed E-state index contributed by atoms with van der Waals surface area (Å²) < 4.78 is 35.8. The van der Waals surface area contributed by atoms with Gasteiger partial charge >= 0.3 is 6.18 Å². The van der Waals surface area contributed by atoms with Crippen LogP contribution in [0.4, 0.5) is 13.2 Å². The predicted molar refractivity (Wildman–Crippen MR) is 53.0 cm³/mol. The molecule has 0 atom stereocenters. The number of benzene rings is 1. The fourth-order valence-corrected chi connectivity index (χ4v) is 2.15. The van der Waals surface area contributed by atoms with Crippen molar-refractivity contribution in [3.8, 4) is 0 Å². The van der Waals surface area contributed by atoms with Crippen LogP contribution in [-0.4, -0.2) is 11.9 Å². The summed E-state index contributed by atoms with van der Waals surface area (Å²) in [6.45, 7) is 1.74. The van der Waals surface area contributed by atoms with E-state index in [1.165, 1.54) is 0 Å².